The van der Waals surface area contributed by atoms with Gasteiger partial charge in [-0.15, -0.1) is 0 Å². The number of halogens is 1. The highest BCUT2D eigenvalue weighted by atomic mass is 19.1. The average molecular weight is 270 g/mol. The van der Waals surface area contributed by atoms with Gasteiger partial charge in [-0.25, -0.2) is 9.37 Å². The van der Waals surface area contributed by atoms with Gasteiger partial charge >= 0.3 is 0 Å². The highest BCUT2D eigenvalue weighted by molar-refractivity contribution is 5.66. The molecule has 0 radical (unpaired) electrons. The molecule has 0 unspecified atom stereocenters. The van der Waals surface area contributed by atoms with Crippen LogP contribution >= 0.6 is 0 Å². The predicted octanol–water partition coefficient (Wildman–Crippen LogP) is 2.60. The summed E-state index contributed by atoms with van der Waals surface area (Å²) < 4.78 is 15.7. The van der Waals surface area contributed by atoms with Crippen molar-refractivity contribution in [2.75, 3.05) is 14.1 Å². The Bertz CT molecular complexity index is 734. The molecule has 3 aromatic rings. The third-order valence-corrected chi connectivity index (χ3v) is 3.10. The predicted molar refractivity (Wildman–Crippen MR) is 75.8 cm³/mol. The fourth-order valence-electron chi connectivity index (χ4n) is 2.27. The number of hydrogen-bond acceptors (Lipinski definition) is 3. The number of hydrogen-bond donors (Lipinski definition) is 0. The Morgan fingerprint density at radius 3 is 2.80 bits per heavy atom. The quantitative estimate of drug-likeness (QED) is 0.733. The van der Waals surface area contributed by atoms with Gasteiger partial charge in [-0.05, 0) is 38.4 Å². The van der Waals surface area contributed by atoms with Crippen molar-refractivity contribution in [3.05, 3.63) is 54.4 Å². The van der Waals surface area contributed by atoms with Gasteiger partial charge in [0.25, 0.3) is 0 Å². The first-order valence-electron chi connectivity index (χ1n) is 6.37. The summed E-state index contributed by atoms with van der Waals surface area (Å²) in [5, 5.41) is 0. The van der Waals surface area contributed by atoms with Gasteiger partial charge in [-0.1, -0.05) is 0 Å². The Balaban J connectivity index is 2.27. The van der Waals surface area contributed by atoms with E-state index < -0.39 is 0 Å². The summed E-state index contributed by atoms with van der Waals surface area (Å²) >= 11 is 0. The smallest absolute Gasteiger partial charge is 0.174 e. The molecule has 0 amide bonds. The Labute approximate surface area is 116 Å². The largest absolute Gasteiger partial charge is 0.304 e. The molecule has 0 N–H and O–H groups in total. The minimum absolute atomic E-state index is 0.317. The number of aromatic nitrogens is 3. The van der Waals surface area contributed by atoms with Crippen LogP contribution in [0.15, 0.2) is 42.9 Å². The number of pyridine rings is 2. The van der Waals surface area contributed by atoms with Crippen molar-refractivity contribution in [3.8, 4) is 11.3 Å². The summed E-state index contributed by atoms with van der Waals surface area (Å²) in [6, 6.07) is 6.91. The fourth-order valence-corrected chi connectivity index (χ4v) is 2.27. The first-order valence-corrected chi connectivity index (χ1v) is 6.37. The third-order valence-electron chi connectivity index (χ3n) is 3.10. The number of nitrogens with zero attached hydrogens (tertiary/aromatic N) is 4. The van der Waals surface area contributed by atoms with Gasteiger partial charge in [0.15, 0.2) is 11.5 Å². The summed E-state index contributed by atoms with van der Waals surface area (Å²) in [6.07, 6.45) is 5.30. The minimum atomic E-state index is -0.317. The molecule has 5 heteroatoms. The molecule has 0 fully saturated rings. The highest BCUT2D eigenvalue weighted by Gasteiger charge is 2.16. The summed E-state index contributed by atoms with van der Waals surface area (Å²) in [5.41, 5.74) is 2.98. The van der Waals surface area contributed by atoms with Crippen LogP contribution < -0.4 is 0 Å². The Morgan fingerprint density at radius 2 is 2.10 bits per heavy atom. The van der Waals surface area contributed by atoms with Gasteiger partial charge in [0.1, 0.15) is 0 Å². The molecule has 20 heavy (non-hydrogen) atoms. The molecule has 3 aromatic heterocycles. The minimum Gasteiger partial charge on any atom is -0.304 e. The van der Waals surface area contributed by atoms with Crippen LogP contribution in [0, 0.1) is 5.82 Å². The van der Waals surface area contributed by atoms with Gasteiger partial charge < -0.3 is 4.90 Å². The van der Waals surface area contributed by atoms with E-state index in [1.807, 2.05) is 37.3 Å². The van der Waals surface area contributed by atoms with Gasteiger partial charge in [0, 0.05) is 30.7 Å². The molecule has 0 atom stereocenters. The first-order chi connectivity index (χ1) is 9.66. The molecule has 4 nitrogen and oxygen atoms in total. The summed E-state index contributed by atoms with van der Waals surface area (Å²) in [5.74, 6) is -0.317. The summed E-state index contributed by atoms with van der Waals surface area (Å²) in [7, 11) is 3.96. The lowest BCUT2D eigenvalue weighted by Crippen LogP contribution is -2.13. The van der Waals surface area contributed by atoms with Crippen LogP contribution in [0.1, 0.15) is 5.69 Å². The van der Waals surface area contributed by atoms with Crippen molar-refractivity contribution in [3.63, 3.8) is 0 Å². The van der Waals surface area contributed by atoms with Crippen LogP contribution in [-0.4, -0.2) is 33.4 Å². The Hall–Kier alpha value is -2.27. The maximum atomic E-state index is 13.9. The number of imidazole rings is 1. The van der Waals surface area contributed by atoms with E-state index in [0.717, 1.165) is 17.0 Å². The first kappa shape index (κ1) is 12.7. The van der Waals surface area contributed by atoms with Crippen LogP contribution in [0.4, 0.5) is 4.39 Å². The second kappa shape index (κ2) is 5.02. The van der Waals surface area contributed by atoms with Crippen LogP contribution in [0.3, 0.4) is 0 Å². The molecular formula is C15H15FN4. The van der Waals surface area contributed by atoms with E-state index in [0.29, 0.717) is 12.2 Å². The monoisotopic (exact) mass is 270 g/mol. The zero-order chi connectivity index (χ0) is 14.1. The van der Waals surface area contributed by atoms with Crippen molar-refractivity contribution in [1.82, 2.24) is 19.3 Å². The molecule has 3 heterocycles. The van der Waals surface area contributed by atoms with E-state index >= 15 is 0 Å². The van der Waals surface area contributed by atoms with E-state index in [1.165, 1.54) is 6.07 Å². The molecule has 0 saturated heterocycles. The number of rotatable bonds is 3. The number of fused-ring (bicyclic) bond motifs is 1. The lowest BCUT2D eigenvalue weighted by molar-refractivity contribution is 0.396. The second-order valence-electron chi connectivity index (χ2n) is 4.94. The molecule has 3 rings (SSSR count). The highest BCUT2D eigenvalue weighted by Crippen LogP contribution is 2.25. The molecule has 0 saturated carbocycles. The Kier molecular flexibility index (Phi) is 3.20. The third kappa shape index (κ3) is 2.16. The van der Waals surface area contributed by atoms with Gasteiger partial charge in [-0.3, -0.25) is 9.38 Å². The van der Waals surface area contributed by atoms with Crippen molar-refractivity contribution >= 4 is 5.65 Å². The molecule has 0 bridgehead atoms. The summed E-state index contributed by atoms with van der Waals surface area (Å²) in [4.78, 5) is 10.6. The molecule has 0 aromatic carbocycles. The van der Waals surface area contributed by atoms with Crippen LogP contribution in [0.5, 0.6) is 0 Å². The molecular weight excluding hydrogens is 255 g/mol. The normalized spacial score (nSPS) is 11.4. The van der Waals surface area contributed by atoms with E-state index in [1.54, 1.807) is 22.9 Å². The summed E-state index contributed by atoms with van der Waals surface area (Å²) in [6.45, 7) is 0.675. The fraction of sp³-hybridized carbons (Fsp3) is 0.200. The van der Waals surface area contributed by atoms with Crippen molar-refractivity contribution in [2.45, 2.75) is 6.54 Å². The average Bonchev–Trinajstić information content (AvgIpc) is 2.80. The van der Waals surface area contributed by atoms with Gasteiger partial charge in [-0.2, -0.15) is 0 Å². The second-order valence-corrected chi connectivity index (χ2v) is 4.94. The van der Waals surface area contributed by atoms with Crippen molar-refractivity contribution in [1.29, 1.82) is 0 Å². The van der Waals surface area contributed by atoms with Crippen LogP contribution in [-0.2, 0) is 6.54 Å². The lowest BCUT2D eigenvalue weighted by Gasteiger charge is -2.11. The van der Waals surface area contributed by atoms with Gasteiger partial charge in [0.05, 0.1) is 11.4 Å². The SMILES string of the molecule is CN(C)Cc1c(-c2cccnc2)nc2c(F)cccn12. The van der Waals surface area contributed by atoms with Crippen molar-refractivity contribution in [2.24, 2.45) is 0 Å². The zero-order valence-electron chi connectivity index (χ0n) is 11.4. The maximum Gasteiger partial charge on any atom is 0.174 e. The standard InChI is InChI=1S/C15H15FN4/c1-19(2)10-13-14(11-5-3-7-17-9-11)18-15-12(16)6-4-8-20(13)15/h3-9H,10H2,1-2H3. The van der Waals surface area contributed by atoms with Gasteiger partial charge in [0.2, 0.25) is 0 Å². The molecule has 0 aliphatic rings. The van der Waals surface area contributed by atoms with E-state index in [9.17, 15) is 4.39 Å². The zero-order valence-corrected chi connectivity index (χ0v) is 11.4. The van der Waals surface area contributed by atoms with E-state index in [4.69, 9.17) is 0 Å². The molecule has 0 aliphatic heterocycles. The van der Waals surface area contributed by atoms with Crippen LogP contribution in [0.2, 0.25) is 0 Å². The molecule has 0 spiro atoms. The topological polar surface area (TPSA) is 33.4 Å². The van der Waals surface area contributed by atoms with Crippen LogP contribution in [0.25, 0.3) is 16.9 Å². The molecule has 0 aliphatic carbocycles. The Morgan fingerprint density at radius 1 is 1.25 bits per heavy atom. The van der Waals surface area contributed by atoms with Crippen molar-refractivity contribution < 1.29 is 4.39 Å². The molecule has 102 valence electrons. The maximum absolute atomic E-state index is 13.9. The lowest BCUT2D eigenvalue weighted by atomic mass is 10.1. The van der Waals surface area contributed by atoms with E-state index in [2.05, 4.69) is 9.97 Å². The van der Waals surface area contributed by atoms with E-state index in [-0.39, 0.29) is 5.82 Å².